The van der Waals surface area contributed by atoms with Crippen LogP contribution in [0.5, 0.6) is 5.75 Å². The summed E-state index contributed by atoms with van der Waals surface area (Å²) in [7, 11) is 1.30. The number of hydrogen-bond acceptors (Lipinski definition) is 3. The number of carbonyl (C=O) groups is 1. The van der Waals surface area contributed by atoms with Gasteiger partial charge in [0.15, 0.2) is 11.6 Å². The van der Waals surface area contributed by atoms with Gasteiger partial charge in [-0.05, 0) is 18.6 Å². The van der Waals surface area contributed by atoms with Crippen LogP contribution in [0.3, 0.4) is 0 Å². The van der Waals surface area contributed by atoms with E-state index in [-0.39, 0.29) is 11.7 Å². The third-order valence-electron chi connectivity index (χ3n) is 3.08. The Balaban J connectivity index is 2.11. The Morgan fingerprint density at radius 2 is 2.32 bits per heavy atom. The molecule has 1 N–H and O–H groups in total. The van der Waals surface area contributed by atoms with Crippen LogP contribution in [0.25, 0.3) is 0 Å². The van der Waals surface area contributed by atoms with Crippen LogP contribution in [0.2, 0.25) is 0 Å². The number of nitrogens with one attached hydrogen (secondary N) is 1. The smallest absolute Gasteiger partial charge is 0.258 e. The minimum atomic E-state index is -1.19. The van der Waals surface area contributed by atoms with Gasteiger partial charge in [0, 0.05) is 19.1 Å². The molecule has 1 amide bonds. The number of hydrogen-bond donors (Lipinski definition) is 1. The maximum absolute atomic E-state index is 13.7. The van der Waals surface area contributed by atoms with Crippen molar-refractivity contribution >= 4 is 5.91 Å². The number of carbonyl (C=O) groups excluding carboxylic acids is 1. The van der Waals surface area contributed by atoms with Gasteiger partial charge in [0.25, 0.3) is 5.91 Å². The van der Waals surface area contributed by atoms with Crippen molar-refractivity contribution in [2.75, 3.05) is 26.9 Å². The number of ether oxygens (including phenoxy) is 2. The van der Waals surface area contributed by atoms with Gasteiger partial charge >= 0.3 is 0 Å². The Hall–Kier alpha value is -1.69. The first kappa shape index (κ1) is 13.7. The molecule has 1 aromatic carbocycles. The molecular formula is C13H15F2NO3. The third kappa shape index (κ3) is 3.01. The lowest BCUT2D eigenvalue weighted by Gasteiger charge is -2.12. The topological polar surface area (TPSA) is 47.6 Å². The van der Waals surface area contributed by atoms with Gasteiger partial charge in [0.1, 0.15) is 11.3 Å². The van der Waals surface area contributed by atoms with Crippen molar-refractivity contribution in [2.24, 2.45) is 5.92 Å². The molecule has 0 aromatic heterocycles. The van der Waals surface area contributed by atoms with Crippen LogP contribution in [0.1, 0.15) is 16.8 Å². The Labute approximate surface area is 109 Å². The minimum Gasteiger partial charge on any atom is -0.496 e. The second-order valence-electron chi connectivity index (χ2n) is 4.38. The summed E-state index contributed by atoms with van der Waals surface area (Å²) in [5, 5.41) is 2.58. The van der Waals surface area contributed by atoms with Gasteiger partial charge in [-0.15, -0.1) is 0 Å². The fraction of sp³-hybridized carbons (Fsp3) is 0.462. The molecule has 0 radical (unpaired) electrons. The number of methoxy groups -OCH3 is 1. The molecule has 1 atom stereocenters. The molecule has 1 aliphatic rings. The third-order valence-corrected chi connectivity index (χ3v) is 3.08. The Bertz CT molecular complexity index is 473. The van der Waals surface area contributed by atoms with Crippen molar-refractivity contribution in [3.05, 3.63) is 29.3 Å². The molecule has 6 heteroatoms. The molecule has 104 valence electrons. The summed E-state index contributed by atoms with van der Waals surface area (Å²) in [6, 6.07) is 2.15. The Morgan fingerprint density at radius 3 is 2.95 bits per heavy atom. The highest BCUT2D eigenvalue weighted by Gasteiger charge is 2.23. The van der Waals surface area contributed by atoms with Crippen LogP contribution in [-0.4, -0.2) is 32.8 Å². The molecule has 0 unspecified atom stereocenters. The first-order chi connectivity index (χ1) is 9.13. The minimum absolute atomic E-state index is 0.0130. The number of halogens is 2. The van der Waals surface area contributed by atoms with Gasteiger partial charge in [0.05, 0.1) is 13.7 Å². The average Bonchev–Trinajstić information content (AvgIpc) is 2.92. The lowest BCUT2D eigenvalue weighted by Crippen LogP contribution is -2.30. The molecule has 19 heavy (non-hydrogen) atoms. The van der Waals surface area contributed by atoms with Gasteiger partial charge < -0.3 is 14.8 Å². The second-order valence-corrected chi connectivity index (χ2v) is 4.38. The zero-order valence-corrected chi connectivity index (χ0v) is 10.5. The van der Waals surface area contributed by atoms with E-state index in [0.29, 0.717) is 19.8 Å². The van der Waals surface area contributed by atoms with E-state index in [0.717, 1.165) is 12.5 Å². The molecule has 1 aliphatic heterocycles. The zero-order valence-electron chi connectivity index (χ0n) is 10.5. The molecule has 4 nitrogen and oxygen atoms in total. The van der Waals surface area contributed by atoms with Gasteiger partial charge in [-0.1, -0.05) is 0 Å². The van der Waals surface area contributed by atoms with Crippen molar-refractivity contribution in [2.45, 2.75) is 6.42 Å². The predicted molar refractivity (Wildman–Crippen MR) is 64.2 cm³/mol. The largest absolute Gasteiger partial charge is 0.496 e. The van der Waals surface area contributed by atoms with Crippen LogP contribution in [-0.2, 0) is 4.74 Å². The lowest BCUT2D eigenvalue weighted by molar-refractivity contribution is 0.0936. The van der Waals surface area contributed by atoms with Crippen molar-refractivity contribution in [1.29, 1.82) is 0 Å². The standard InChI is InChI=1S/C13H15F2NO3/c1-18-10-3-2-9(14)12(15)11(10)13(17)16-6-8-4-5-19-7-8/h2-3,8H,4-7H2,1H3,(H,16,17)/t8-/m0/s1. The highest BCUT2D eigenvalue weighted by molar-refractivity contribution is 5.97. The quantitative estimate of drug-likeness (QED) is 0.907. The van der Waals surface area contributed by atoms with Crippen molar-refractivity contribution in [3.8, 4) is 5.75 Å². The van der Waals surface area contributed by atoms with E-state index < -0.39 is 23.1 Å². The van der Waals surface area contributed by atoms with Crippen LogP contribution in [0, 0.1) is 17.6 Å². The molecule has 0 aliphatic carbocycles. The van der Waals surface area contributed by atoms with E-state index in [4.69, 9.17) is 9.47 Å². The van der Waals surface area contributed by atoms with E-state index >= 15 is 0 Å². The second kappa shape index (κ2) is 5.97. The monoisotopic (exact) mass is 271 g/mol. The van der Waals surface area contributed by atoms with Crippen LogP contribution >= 0.6 is 0 Å². The number of amides is 1. The summed E-state index contributed by atoms with van der Waals surface area (Å²) < 4.78 is 36.9. The van der Waals surface area contributed by atoms with E-state index in [2.05, 4.69) is 5.32 Å². The van der Waals surface area contributed by atoms with E-state index in [1.807, 2.05) is 0 Å². The molecule has 0 spiro atoms. The van der Waals surface area contributed by atoms with Crippen molar-refractivity contribution < 1.29 is 23.0 Å². The van der Waals surface area contributed by atoms with Gasteiger partial charge in [0.2, 0.25) is 0 Å². The van der Waals surface area contributed by atoms with Gasteiger partial charge in [-0.25, -0.2) is 8.78 Å². The van der Waals surface area contributed by atoms with Crippen LogP contribution in [0.15, 0.2) is 12.1 Å². The molecule has 1 aromatic rings. The van der Waals surface area contributed by atoms with E-state index in [9.17, 15) is 13.6 Å². The summed E-state index contributed by atoms with van der Waals surface area (Å²) >= 11 is 0. The highest BCUT2D eigenvalue weighted by Crippen LogP contribution is 2.23. The lowest BCUT2D eigenvalue weighted by atomic mass is 10.1. The fourth-order valence-electron chi connectivity index (χ4n) is 1.98. The van der Waals surface area contributed by atoms with Crippen molar-refractivity contribution in [3.63, 3.8) is 0 Å². The van der Waals surface area contributed by atoms with E-state index in [1.165, 1.54) is 13.2 Å². The van der Waals surface area contributed by atoms with Crippen LogP contribution < -0.4 is 10.1 Å². The summed E-state index contributed by atoms with van der Waals surface area (Å²) in [5.41, 5.74) is -0.401. The average molecular weight is 271 g/mol. The van der Waals surface area contributed by atoms with Gasteiger partial charge in [-0.2, -0.15) is 0 Å². The Morgan fingerprint density at radius 1 is 1.53 bits per heavy atom. The molecular weight excluding hydrogens is 256 g/mol. The number of rotatable bonds is 4. The maximum Gasteiger partial charge on any atom is 0.258 e. The zero-order chi connectivity index (χ0) is 13.8. The summed E-state index contributed by atoms with van der Waals surface area (Å²) in [6.07, 6.45) is 0.850. The van der Waals surface area contributed by atoms with Gasteiger partial charge in [-0.3, -0.25) is 4.79 Å². The normalized spacial score (nSPS) is 18.4. The summed E-state index contributed by atoms with van der Waals surface area (Å²) in [6.45, 7) is 1.61. The van der Waals surface area contributed by atoms with Crippen LogP contribution in [0.4, 0.5) is 8.78 Å². The number of benzene rings is 1. The molecule has 0 bridgehead atoms. The highest BCUT2D eigenvalue weighted by atomic mass is 19.2. The molecule has 1 saturated heterocycles. The predicted octanol–water partition coefficient (Wildman–Crippen LogP) is 1.74. The summed E-state index contributed by atoms with van der Waals surface area (Å²) in [4.78, 5) is 11.9. The molecule has 1 fully saturated rings. The maximum atomic E-state index is 13.7. The molecule has 0 saturated carbocycles. The first-order valence-corrected chi connectivity index (χ1v) is 6.01. The fourth-order valence-corrected chi connectivity index (χ4v) is 1.98. The summed E-state index contributed by atoms with van der Waals surface area (Å²) in [5.74, 6) is -2.72. The van der Waals surface area contributed by atoms with Crippen molar-refractivity contribution in [1.82, 2.24) is 5.32 Å². The SMILES string of the molecule is COc1ccc(F)c(F)c1C(=O)NC[C@@H]1CCOC1. The Kier molecular flexibility index (Phi) is 4.31. The van der Waals surface area contributed by atoms with E-state index in [1.54, 1.807) is 0 Å². The first-order valence-electron chi connectivity index (χ1n) is 6.01. The molecule has 2 rings (SSSR count). The molecule has 1 heterocycles.